The number of carbonyl (C=O) groups excluding carboxylic acids is 1. The Morgan fingerprint density at radius 3 is 2.35 bits per heavy atom. The number of hydrogen-bond acceptors (Lipinski definition) is 4. The fourth-order valence-electron chi connectivity index (χ4n) is 2.99. The second-order valence-corrected chi connectivity index (χ2v) is 10.2. The zero-order chi connectivity index (χ0) is 22.2. The Labute approximate surface area is 186 Å². The number of sulfone groups is 1. The quantitative estimate of drug-likeness (QED) is 0.491. The molecule has 0 spiro atoms. The Hall–Kier alpha value is -2.68. The molecule has 0 unspecified atom stereocenters. The summed E-state index contributed by atoms with van der Waals surface area (Å²) in [5, 5.41) is 3.25. The number of nitrogens with one attached hydrogen (secondary N) is 1. The summed E-state index contributed by atoms with van der Waals surface area (Å²) in [7, 11) is -4.04. The summed E-state index contributed by atoms with van der Waals surface area (Å²) in [5.41, 5.74) is 0.585. The minimum atomic E-state index is -4.04. The minimum Gasteiger partial charge on any atom is -0.320 e. The van der Waals surface area contributed by atoms with Crippen molar-refractivity contribution in [3.05, 3.63) is 93.4 Å². The molecule has 0 fully saturated rings. The molecule has 3 aromatic carbocycles. The van der Waals surface area contributed by atoms with Crippen molar-refractivity contribution in [1.82, 2.24) is 0 Å². The van der Waals surface area contributed by atoms with Crippen molar-refractivity contribution in [2.75, 3.05) is 5.32 Å². The second kappa shape index (κ2) is 8.45. The predicted molar refractivity (Wildman–Crippen MR) is 118 cm³/mol. The number of halogens is 3. The van der Waals surface area contributed by atoms with Crippen LogP contribution in [0.2, 0.25) is 5.02 Å². The first-order chi connectivity index (χ1) is 14.7. The van der Waals surface area contributed by atoms with Gasteiger partial charge >= 0.3 is 0 Å². The van der Waals surface area contributed by atoms with E-state index in [4.69, 9.17) is 11.6 Å². The van der Waals surface area contributed by atoms with Crippen molar-refractivity contribution < 1.29 is 22.0 Å². The highest BCUT2D eigenvalue weighted by atomic mass is 35.5. The van der Waals surface area contributed by atoms with Crippen LogP contribution in [-0.2, 0) is 20.4 Å². The van der Waals surface area contributed by atoms with Crippen LogP contribution in [0.4, 0.5) is 14.5 Å². The topological polar surface area (TPSA) is 63.2 Å². The van der Waals surface area contributed by atoms with Gasteiger partial charge in [0, 0.05) is 15.5 Å². The predicted octanol–water partition coefficient (Wildman–Crippen LogP) is 5.68. The van der Waals surface area contributed by atoms with E-state index >= 15 is 0 Å². The van der Waals surface area contributed by atoms with E-state index in [9.17, 15) is 22.0 Å². The summed E-state index contributed by atoms with van der Waals surface area (Å²) in [6.45, 7) is 0. The van der Waals surface area contributed by atoms with Gasteiger partial charge in [-0.25, -0.2) is 17.2 Å². The maximum absolute atomic E-state index is 13.9. The number of hydrogen-bond donors (Lipinski definition) is 1. The van der Waals surface area contributed by atoms with E-state index in [1.54, 1.807) is 36.4 Å². The third-order valence-electron chi connectivity index (χ3n) is 4.57. The molecule has 1 aliphatic rings. The van der Waals surface area contributed by atoms with Gasteiger partial charge in [0.1, 0.15) is 11.6 Å². The maximum atomic E-state index is 13.9. The molecule has 1 N–H and O–H groups in total. The Morgan fingerprint density at radius 2 is 1.68 bits per heavy atom. The van der Waals surface area contributed by atoms with Gasteiger partial charge in [0.2, 0.25) is 0 Å². The lowest BCUT2D eigenvalue weighted by Crippen LogP contribution is -2.18. The molecule has 9 heteroatoms. The first-order valence-electron chi connectivity index (χ1n) is 8.99. The van der Waals surface area contributed by atoms with Gasteiger partial charge in [-0.3, -0.25) is 4.79 Å². The lowest BCUT2D eigenvalue weighted by molar-refractivity contribution is -0.112. The summed E-state index contributed by atoms with van der Waals surface area (Å²) in [5.74, 6) is -3.07. The molecule has 0 saturated carbocycles. The van der Waals surface area contributed by atoms with Crippen molar-refractivity contribution in [2.24, 2.45) is 0 Å². The summed E-state index contributed by atoms with van der Waals surface area (Å²) >= 11 is 7.07. The molecule has 4 nitrogen and oxygen atoms in total. The zero-order valence-electron chi connectivity index (χ0n) is 15.7. The number of benzene rings is 3. The normalized spacial score (nSPS) is 14.9. The molecule has 1 heterocycles. The summed E-state index contributed by atoms with van der Waals surface area (Å²) in [6.07, 6.45) is 1.70. The molecule has 0 radical (unpaired) electrons. The van der Waals surface area contributed by atoms with Gasteiger partial charge in [0.25, 0.3) is 5.91 Å². The van der Waals surface area contributed by atoms with E-state index in [1.165, 1.54) is 30.0 Å². The monoisotopic (exact) mass is 477 g/mol. The lowest BCUT2D eigenvalue weighted by Gasteiger charge is -2.19. The van der Waals surface area contributed by atoms with E-state index in [2.05, 4.69) is 5.32 Å². The number of carbonyl (C=O) groups is 1. The average Bonchev–Trinajstić information content (AvgIpc) is 2.72. The highest BCUT2D eigenvalue weighted by Crippen LogP contribution is 2.40. The van der Waals surface area contributed by atoms with Crippen molar-refractivity contribution in [3.8, 4) is 0 Å². The third kappa shape index (κ3) is 4.66. The van der Waals surface area contributed by atoms with E-state index in [0.29, 0.717) is 20.5 Å². The molecule has 31 heavy (non-hydrogen) atoms. The Morgan fingerprint density at radius 1 is 1.00 bits per heavy atom. The fraction of sp³-hybridized carbons (Fsp3) is 0.0455. The number of fused-ring (bicyclic) bond motifs is 1. The van der Waals surface area contributed by atoms with Crippen LogP contribution >= 0.6 is 23.4 Å². The Balaban J connectivity index is 1.62. The molecule has 1 aliphatic heterocycles. The standard InChI is InChI=1S/C22H14ClF2NO3S2/c23-14-6-4-13(5-7-14)10-21-22(27)26-19-11-15(8-9-20(19)30-21)31(28,29)12-16-17(24)2-1-3-18(16)25/h1-11H,12H2,(H,26,27)/b21-10-. The SMILES string of the molecule is O=C1Nc2cc(S(=O)(=O)Cc3c(F)cccc3F)ccc2S/C1=C\c1ccc(Cl)cc1. The Bertz CT molecular complexity index is 1300. The molecule has 158 valence electrons. The van der Waals surface area contributed by atoms with Crippen molar-refractivity contribution in [1.29, 1.82) is 0 Å². The number of rotatable bonds is 4. The molecular weight excluding hydrogens is 464 g/mol. The van der Waals surface area contributed by atoms with Crippen molar-refractivity contribution >= 4 is 50.9 Å². The van der Waals surface area contributed by atoms with Crippen LogP contribution in [0.25, 0.3) is 6.08 Å². The Kier molecular flexibility index (Phi) is 5.88. The van der Waals surface area contributed by atoms with Gasteiger partial charge in [-0.05, 0) is 54.1 Å². The molecule has 0 atom stereocenters. The maximum Gasteiger partial charge on any atom is 0.262 e. The van der Waals surface area contributed by atoms with Crippen molar-refractivity contribution in [3.63, 3.8) is 0 Å². The molecule has 1 amide bonds. The van der Waals surface area contributed by atoms with Crippen LogP contribution in [0.5, 0.6) is 0 Å². The fourth-order valence-corrected chi connectivity index (χ4v) is 5.44. The van der Waals surface area contributed by atoms with Gasteiger partial charge in [-0.15, -0.1) is 0 Å². The minimum absolute atomic E-state index is 0.139. The first kappa shape index (κ1) is 21.5. The van der Waals surface area contributed by atoms with Crippen molar-refractivity contribution in [2.45, 2.75) is 15.5 Å². The highest BCUT2D eigenvalue weighted by molar-refractivity contribution is 8.04. The summed E-state index contributed by atoms with van der Waals surface area (Å²) in [6, 6.07) is 14.4. The van der Waals surface area contributed by atoms with Gasteiger partial charge in [0.15, 0.2) is 9.84 Å². The second-order valence-electron chi connectivity index (χ2n) is 6.73. The zero-order valence-corrected chi connectivity index (χ0v) is 18.1. The smallest absolute Gasteiger partial charge is 0.262 e. The van der Waals surface area contributed by atoms with E-state index < -0.39 is 32.8 Å². The van der Waals surface area contributed by atoms with E-state index in [1.807, 2.05) is 0 Å². The largest absolute Gasteiger partial charge is 0.320 e. The highest BCUT2D eigenvalue weighted by Gasteiger charge is 2.25. The van der Waals surface area contributed by atoms with E-state index in [0.717, 1.165) is 17.7 Å². The van der Waals surface area contributed by atoms with Crippen LogP contribution < -0.4 is 5.32 Å². The summed E-state index contributed by atoms with van der Waals surface area (Å²) in [4.78, 5) is 13.4. The van der Waals surface area contributed by atoms with Crippen LogP contribution in [0.1, 0.15) is 11.1 Å². The molecule has 0 bridgehead atoms. The number of amides is 1. The molecule has 3 aromatic rings. The van der Waals surface area contributed by atoms with Crippen LogP contribution in [0.15, 0.2) is 75.4 Å². The van der Waals surface area contributed by atoms with Gasteiger partial charge in [-0.2, -0.15) is 0 Å². The molecule has 0 aliphatic carbocycles. The third-order valence-corrected chi connectivity index (χ3v) is 7.56. The molecule has 0 aromatic heterocycles. The number of anilines is 1. The van der Waals surface area contributed by atoms with E-state index in [-0.39, 0.29) is 10.8 Å². The summed E-state index contributed by atoms with van der Waals surface area (Å²) < 4.78 is 53.2. The lowest BCUT2D eigenvalue weighted by atomic mass is 10.2. The van der Waals surface area contributed by atoms with Crippen LogP contribution in [0, 0.1) is 11.6 Å². The van der Waals surface area contributed by atoms with Crippen LogP contribution in [0.3, 0.4) is 0 Å². The molecule has 0 saturated heterocycles. The number of thioether (sulfide) groups is 1. The van der Waals surface area contributed by atoms with Gasteiger partial charge in [-0.1, -0.05) is 41.6 Å². The van der Waals surface area contributed by atoms with Crippen LogP contribution in [-0.4, -0.2) is 14.3 Å². The first-order valence-corrected chi connectivity index (χ1v) is 11.8. The van der Waals surface area contributed by atoms with Gasteiger partial charge < -0.3 is 5.32 Å². The average molecular weight is 478 g/mol. The van der Waals surface area contributed by atoms with Gasteiger partial charge in [0.05, 0.1) is 21.2 Å². The molecule has 4 rings (SSSR count). The molecular formula is C22H14ClF2NO3S2.